The van der Waals surface area contributed by atoms with Crippen molar-refractivity contribution in [3.05, 3.63) is 47.0 Å². The van der Waals surface area contributed by atoms with Crippen molar-refractivity contribution in [1.82, 2.24) is 5.32 Å². The van der Waals surface area contributed by atoms with Gasteiger partial charge >= 0.3 is 12.4 Å². The predicted molar refractivity (Wildman–Crippen MR) is 80.7 cm³/mol. The quantitative estimate of drug-likeness (QED) is 0.586. The van der Waals surface area contributed by atoms with Crippen LogP contribution >= 0.6 is 0 Å². The van der Waals surface area contributed by atoms with Crippen LogP contribution in [0.1, 0.15) is 30.0 Å². The molecule has 0 saturated carbocycles. The van der Waals surface area contributed by atoms with E-state index in [-0.39, 0.29) is 12.5 Å². The fourth-order valence-electron chi connectivity index (χ4n) is 2.12. The van der Waals surface area contributed by atoms with E-state index in [1.54, 1.807) is 6.92 Å². The molecule has 0 bridgehead atoms. The first-order valence-electron chi connectivity index (χ1n) is 7.21. The van der Waals surface area contributed by atoms with Gasteiger partial charge in [0.1, 0.15) is 6.04 Å². The van der Waals surface area contributed by atoms with Crippen LogP contribution in [-0.4, -0.2) is 17.9 Å². The van der Waals surface area contributed by atoms with Crippen LogP contribution in [0.3, 0.4) is 0 Å². The molecule has 1 rings (SSSR count). The smallest absolute Gasteiger partial charge is 0.368 e. The number of carbonyl (C=O) groups excluding carboxylic acids is 2. The van der Waals surface area contributed by atoms with E-state index in [9.17, 15) is 35.9 Å². The Morgan fingerprint density at radius 3 is 1.88 bits per heavy atom. The molecule has 0 aliphatic heterocycles. The van der Waals surface area contributed by atoms with E-state index in [4.69, 9.17) is 5.73 Å². The van der Waals surface area contributed by atoms with Crippen molar-refractivity contribution in [3.8, 4) is 0 Å². The average molecular weight is 382 g/mol. The zero-order valence-electron chi connectivity index (χ0n) is 13.6. The second-order valence-corrected chi connectivity index (χ2v) is 5.77. The number of hydrogen-bond donors (Lipinski definition) is 2. The third kappa shape index (κ3) is 6.41. The molecular weight excluding hydrogens is 366 g/mol. The first-order valence-corrected chi connectivity index (χ1v) is 7.21. The van der Waals surface area contributed by atoms with E-state index in [0.29, 0.717) is 17.7 Å². The Morgan fingerprint density at radius 2 is 1.54 bits per heavy atom. The van der Waals surface area contributed by atoms with Gasteiger partial charge in [0.15, 0.2) is 0 Å². The Bertz CT molecular complexity index is 677. The molecule has 0 spiro atoms. The summed E-state index contributed by atoms with van der Waals surface area (Å²) in [4.78, 5) is 23.2. The van der Waals surface area contributed by atoms with Gasteiger partial charge in [-0.05, 0) is 37.1 Å². The first kappa shape index (κ1) is 21.5. The van der Waals surface area contributed by atoms with Crippen LogP contribution in [0.15, 0.2) is 30.4 Å². The molecule has 10 heteroatoms. The number of nitrogens with two attached hydrogens (primary N) is 1. The minimum Gasteiger partial charge on any atom is -0.368 e. The molecule has 0 radical (unpaired) electrons. The van der Waals surface area contributed by atoms with Gasteiger partial charge in [0.25, 0.3) is 0 Å². The lowest BCUT2D eigenvalue weighted by molar-refractivity contribution is -0.143. The van der Waals surface area contributed by atoms with Gasteiger partial charge < -0.3 is 11.1 Å². The molecule has 0 heterocycles. The van der Waals surface area contributed by atoms with Crippen molar-refractivity contribution < 1.29 is 35.9 Å². The van der Waals surface area contributed by atoms with Gasteiger partial charge in [0.05, 0.1) is 17.5 Å². The summed E-state index contributed by atoms with van der Waals surface area (Å²) in [6.07, 6.45) is -10.8. The van der Waals surface area contributed by atoms with Crippen LogP contribution in [0.5, 0.6) is 0 Å². The van der Waals surface area contributed by atoms with E-state index in [1.807, 2.05) is 0 Å². The highest BCUT2D eigenvalue weighted by atomic mass is 19.4. The SMILES string of the molecule is C=C(C)C[C@H](NC(=O)Cc1cc(C(F)(F)F)cc(C(F)(F)F)c1)C(N)=O. The zero-order chi connectivity index (χ0) is 20.3. The third-order valence-corrected chi connectivity index (χ3v) is 3.24. The molecule has 0 aliphatic carbocycles. The molecule has 0 aromatic heterocycles. The Kier molecular flexibility index (Phi) is 6.45. The lowest BCUT2D eigenvalue weighted by Gasteiger charge is -2.17. The highest BCUT2D eigenvalue weighted by Crippen LogP contribution is 2.36. The molecule has 144 valence electrons. The molecule has 3 N–H and O–H groups in total. The Hall–Kier alpha value is -2.52. The highest BCUT2D eigenvalue weighted by molar-refractivity contribution is 5.87. The van der Waals surface area contributed by atoms with Gasteiger partial charge in [-0.2, -0.15) is 26.3 Å². The first-order chi connectivity index (χ1) is 11.7. The summed E-state index contributed by atoms with van der Waals surface area (Å²) >= 11 is 0. The van der Waals surface area contributed by atoms with Crippen molar-refractivity contribution >= 4 is 11.8 Å². The normalized spacial score (nSPS) is 13.2. The molecule has 0 unspecified atom stereocenters. The van der Waals surface area contributed by atoms with E-state index in [2.05, 4.69) is 11.9 Å². The molecule has 0 aliphatic rings. The van der Waals surface area contributed by atoms with Gasteiger partial charge in [-0.25, -0.2) is 0 Å². The van der Waals surface area contributed by atoms with E-state index < -0.39 is 53.3 Å². The number of carbonyl (C=O) groups is 2. The van der Waals surface area contributed by atoms with Crippen molar-refractivity contribution in [2.24, 2.45) is 5.73 Å². The number of primary amides is 1. The van der Waals surface area contributed by atoms with Gasteiger partial charge in [0, 0.05) is 0 Å². The number of rotatable bonds is 6. The van der Waals surface area contributed by atoms with Crippen molar-refractivity contribution in [2.75, 3.05) is 0 Å². The standard InChI is InChI=1S/C16H16F6N2O2/c1-8(2)3-12(14(23)26)24-13(25)6-9-4-10(15(17,18)19)7-11(5-9)16(20,21)22/h4-5,7,12H,1,3,6H2,2H3,(H2,23,26)(H,24,25)/t12-/m0/s1. The van der Waals surface area contributed by atoms with Crippen LogP contribution in [0, 0.1) is 0 Å². The van der Waals surface area contributed by atoms with E-state index in [0.717, 1.165) is 0 Å². The summed E-state index contributed by atoms with van der Waals surface area (Å²) in [5.41, 5.74) is 2.06. The van der Waals surface area contributed by atoms with Gasteiger partial charge in [-0.1, -0.05) is 5.57 Å². The van der Waals surface area contributed by atoms with Crippen LogP contribution < -0.4 is 11.1 Å². The Morgan fingerprint density at radius 1 is 1.08 bits per heavy atom. The molecule has 1 aromatic rings. The van der Waals surface area contributed by atoms with Gasteiger partial charge in [0.2, 0.25) is 11.8 Å². The Labute approximate surface area is 145 Å². The third-order valence-electron chi connectivity index (χ3n) is 3.24. The summed E-state index contributed by atoms with van der Waals surface area (Å²) in [7, 11) is 0. The summed E-state index contributed by atoms with van der Waals surface area (Å²) < 4.78 is 76.8. The topological polar surface area (TPSA) is 72.2 Å². The molecule has 1 aromatic carbocycles. The second kappa shape index (κ2) is 7.79. The zero-order valence-corrected chi connectivity index (χ0v) is 13.6. The maximum atomic E-state index is 12.8. The number of amides is 2. The fourth-order valence-corrected chi connectivity index (χ4v) is 2.12. The summed E-state index contributed by atoms with van der Waals surface area (Å²) in [6, 6.07) is -0.290. The molecule has 1 atom stereocenters. The largest absolute Gasteiger partial charge is 0.416 e. The van der Waals surface area contributed by atoms with E-state index in [1.165, 1.54) is 0 Å². The number of alkyl halides is 6. The lowest BCUT2D eigenvalue weighted by atomic mass is 10.0. The number of hydrogen-bond acceptors (Lipinski definition) is 2. The molecule has 2 amide bonds. The van der Waals surface area contributed by atoms with Crippen LogP contribution in [0.25, 0.3) is 0 Å². The highest BCUT2D eigenvalue weighted by Gasteiger charge is 2.37. The summed E-state index contributed by atoms with van der Waals surface area (Å²) in [5, 5.41) is 2.18. The lowest BCUT2D eigenvalue weighted by Crippen LogP contribution is -2.45. The molecular formula is C16H16F6N2O2. The molecule has 0 fully saturated rings. The maximum absolute atomic E-state index is 12.8. The van der Waals surface area contributed by atoms with E-state index >= 15 is 0 Å². The maximum Gasteiger partial charge on any atom is 0.416 e. The molecule has 26 heavy (non-hydrogen) atoms. The minimum absolute atomic E-state index is 0.00251. The Balaban J connectivity index is 3.09. The van der Waals surface area contributed by atoms with Gasteiger partial charge in [-0.3, -0.25) is 9.59 Å². The molecule has 4 nitrogen and oxygen atoms in total. The minimum atomic E-state index is -5.01. The number of nitrogens with one attached hydrogen (secondary N) is 1. The predicted octanol–water partition coefficient (Wildman–Crippen LogP) is 3.20. The van der Waals surface area contributed by atoms with Crippen molar-refractivity contribution in [1.29, 1.82) is 0 Å². The van der Waals surface area contributed by atoms with Crippen LogP contribution in [-0.2, 0) is 28.4 Å². The van der Waals surface area contributed by atoms with Crippen molar-refractivity contribution in [3.63, 3.8) is 0 Å². The second-order valence-electron chi connectivity index (χ2n) is 5.77. The average Bonchev–Trinajstić information content (AvgIpc) is 2.43. The summed E-state index contributed by atoms with van der Waals surface area (Å²) in [5.74, 6) is -1.84. The number of benzene rings is 1. The fraction of sp³-hybridized carbons (Fsp3) is 0.375. The van der Waals surface area contributed by atoms with Crippen LogP contribution in [0.2, 0.25) is 0 Å². The number of halogens is 6. The van der Waals surface area contributed by atoms with Gasteiger partial charge in [-0.15, -0.1) is 6.58 Å². The van der Waals surface area contributed by atoms with Crippen LogP contribution in [0.4, 0.5) is 26.3 Å². The molecule has 0 saturated heterocycles. The van der Waals surface area contributed by atoms with Crippen molar-refractivity contribution in [2.45, 2.75) is 38.2 Å². The monoisotopic (exact) mass is 382 g/mol. The summed E-state index contributed by atoms with van der Waals surface area (Å²) in [6.45, 7) is 5.10.